The highest BCUT2D eigenvalue weighted by Crippen LogP contribution is 2.09. The lowest BCUT2D eigenvalue weighted by Crippen LogP contribution is -1.88. The van der Waals surface area contributed by atoms with Gasteiger partial charge in [0.05, 0.1) is 11.3 Å². The normalized spacial score (nSPS) is 9.27. The summed E-state index contributed by atoms with van der Waals surface area (Å²) in [7, 11) is 0. The standard InChI is InChI=1S/C9H10OS/c1-7-4-3-5-9(6-11-10)8(7)2/h3-6H,1-2H3. The van der Waals surface area contributed by atoms with Gasteiger partial charge in [-0.2, -0.15) is 0 Å². The van der Waals surface area contributed by atoms with Crippen molar-refractivity contribution in [1.82, 2.24) is 0 Å². The second-order valence-electron chi connectivity index (χ2n) is 2.50. The molecule has 1 nitrogen and oxygen atoms in total. The molecule has 0 amide bonds. The molecule has 0 heterocycles. The van der Waals surface area contributed by atoms with E-state index in [-0.39, 0.29) is 0 Å². The molecule has 0 atom stereocenters. The average molecular weight is 166 g/mol. The summed E-state index contributed by atoms with van der Waals surface area (Å²) in [6.45, 7) is 4.07. The zero-order chi connectivity index (χ0) is 8.27. The van der Waals surface area contributed by atoms with Gasteiger partial charge in [0.25, 0.3) is 0 Å². The third-order valence-electron chi connectivity index (χ3n) is 1.82. The second-order valence-corrected chi connectivity index (χ2v) is 2.93. The Morgan fingerprint density at radius 2 is 2.09 bits per heavy atom. The lowest BCUT2D eigenvalue weighted by Gasteiger charge is -2.01. The number of rotatable bonds is 1. The van der Waals surface area contributed by atoms with Crippen molar-refractivity contribution < 1.29 is 4.21 Å². The fourth-order valence-electron chi connectivity index (χ4n) is 0.953. The Hall–Kier alpha value is -0.890. The van der Waals surface area contributed by atoms with Gasteiger partial charge in [-0.3, -0.25) is 0 Å². The van der Waals surface area contributed by atoms with Crippen LogP contribution in [0.1, 0.15) is 16.7 Å². The van der Waals surface area contributed by atoms with Crippen molar-refractivity contribution in [2.75, 3.05) is 0 Å². The Kier molecular flexibility index (Phi) is 2.60. The molecule has 11 heavy (non-hydrogen) atoms. The molecule has 0 unspecified atom stereocenters. The Morgan fingerprint density at radius 1 is 1.36 bits per heavy atom. The molecule has 2 heteroatoms. The summed E-state index contributed by atoms with van der Waals surface area (Å²) in [5.74, 6) is 0. The zero-order valence-electron chi connectivity index (χ0n) is 6.63. The van der Waals surface area contributed by atoms with E-state index in [4.69, 9.17) is 0 Å². The van der Waals surface area contributed by atoms with Crippen molar-refractivity contribution >= 4 is 16.6 Å². The molecule has 0 aromatic heterocycles. The van der Waals surface area contributed by atoms with Crippen LogP contribution in [-0.2, 0) is 11.3 Å². The predicted molar refractivity (Wildman–Crippen MR) is 49.2 cm³/mol. The van der Waals surface area contributed by atoms with Gasteiger partial charge in [-0.05, 0) is 30.5 Å². The molecular weight excluding hydrogens is 156 g/mol. The quantitative estimate of drug-likeness (QED) is 0.580. The van der Waals surface area contributed by atoms with Gasteiger partial charge in [-0.1, -0.05) is 18.2 Å². The summed E-state index contributed by atoms with van der Waals surface area (Å²) >= 11 is 0.503. The van der Waals surface area contributed by atoms with Crippen molar-refractivity contribution in [2.24, 2.45) is 0 Å². The third-order valence-corrected chi connectivity index (χ3v) is 2.17. The number of aryl methyl sites for hydroxylation is 1. The molecule has 0 radical (unpaired) electrons. The Labute approximate surface area is 70.1 Å². The molecule has 0 bridgehead atoms. The lowest BCUT2D eigenvalue weighted by atomic mass is 10.1. The van der Waals surface area contributed by atoms with Crippen LogP contribution in [0.5, 0.6) is 0 Å². The van der Waals surface area contributed by atoms with Gasteiger partial charge in [-0.15, -0.1) is 0 Å². The lowest BCUT2D eigenvalue weighted by molar-refractivity contribution is 0.701. The number of benzene rings is 1. The summed E-state index contributed by atoms with van der Waals surface area (Å²) in [6, 6.07) is 5.96. The molecule has 0 fully saturated rings. The van der Waals surface area contributed by atoms with Gasteiger partial charge >= 0.3 is 0 Å². The van der Waals surface area contributed by atoms with Crippen molar-refractivity contribution in [3.05, 3.63) is 34.9 Å². The van der Waals surface area contributed by atoms with Gasteiger partial charge in [0.15, 0.2) is 0 Å². The minimum absolute atomic E-state index is 0.503. The zero-order valence-corrected chi connectivity index (χ0v) is 7.44. The van der Waals surface area contributed by atoms with Crippen molar-refractivity contribution in [3.63, 3.8) is 0 Å². The van der Waals surface area contributed by atoms with Crippen LogP contribution >= 0.6 is 0 Å². The number of hydrogen-bond donors (Lipinski definition) is 0. The smallest absolute Gasteiger partial charge is 0.0891 e. The SMILES string of the molecule is Cc1cccc(C=S=O)c1C. The molecule has 0 aliphatic carbocycles. The first-order valence-corrected chi connectivity index (χ1v) is 4.24. The third kappa shape index (κ3) is 1.77. The molecule has 0 saturated carbocycles. The largest absolute Gasteiger partial charge is 0.212 e. The van der Waals surface area contributed by atoms with E-state index in [2.05, 4.69) is 0 Å². The maximum Gasteiger partial charge on any atom is 0.0891 e. The van der Waals surface area contributed by atoms with Crippen LogP contribution in [0.15, 0.2) is 18.2 Å². The minimum atomic E-state index is 0.503. The Morgan fingerprint density at radius 3 is 2.73 bits per heavy atom. The summed E-state index contributed by atoms with van der Waals surface area (Å²) in [4.78, 5) is 0. The maximum atomic E-state index is 10.2. The molecule has 0 aliphatic heterocycles. The molecule has 0 aliphatic rings. The van der Waals surface area contributed by atoms with Crippen molar-refractivity contribution in [3.8, 4) is 0 Å². The van der Waals surface area contributed by atoms with Crippen LogP contribution in [-0.4, -0.2) is 9.58 Å². The van der Waals surface area contributed by atoms with E-state index >= 15 is 0 Å². The van der Waals surface area contributed by atoms with Gasteiger partial charge in [0.1, 0.15) is 0 Å². The maximum absolute atomic E-state index is 10.2. The Bertz CT molecular complexity index is 311. The highest BCUT2D eigenvalue weighted by molar-refractivity contribution is 7.65. The molecule has 0 spiro atoms. The molecule has 1 aromatic carbocycles. The molecular formula is C9H10OS. The van der Waals surface area contributed by atoms with Gasteiger partial charge in [0, 0.05) is 5.37 Å². The fourth-order valence-corrected chi connectivity index (χ4v) is 1.31. The van der Waals surface area contributed by atoms with Crippen molar-refractivity contribution in [2.45, 2.75) is 13.8 Å². The predicted octanol–water partition coefficient (Wildman–Crippen LogP) is 1.67. The van der Waals surface area contributed by atoms with Crippen LogP contribution in [0.2, 0.25) is 0 Å². The van der Waals surface area contributed by atoms with E-state index in [0.29, 0.717) is 11.3 Å². The topological polar surface area (TPSA) is 17.1 Å². The Balaban J connectivity index is 3.26. The summed E-state index contributed by atoms with van der Waals surface area (Å²) in [5, 5.41) is 1.63. The first kappa shape index (κ1) is 8.21. The first-order valence-electron chi connectivity index (χ1n) is 3.44. The van der Waals surface area contributed by atoms with E-state index in [1.807, 2.05) is 32.0 Å². The molecule has 58 valence electrons. The van der Waals surface area contributed by atoms with E-state index in [1.54, 1.807) is 5.37 Å². The summed E-state index contributed by atoms with van der Waals surface area (Å²) < 4.78 is 10.2. The van der Waals surface area contributed by atoms with Crippen LogP contribution in [0, 0.1) is 13.8 Å². The molecule has 0 saturated heterocycles. The van der Waals surface area contributed by atoms with Crippen LogP contribution in [0.3, 0.4) is 0 Å². The molecule has 1 aromatic rings. The van der Waals surface area contributed by atoms with Crippen LogP contribution in [0.25, 0.3) is 0 Å². The first-order chi connectivity index (χ1) is 5.25. The van der Waals surface area contributed by atoms with E-state index < -0.39 is 0 Å². The highest BCUT2D eigenvalue weighted by Gasteiger charge is 1.95. The second kappa shape index (κ2) is 3.49. The summed E-state index contributed by atoms with van der Waals surface area (Å²) in [5.41, 5.74) is 3.45. The summed E-state index contributed by atoms with van der Waals surface area (Å²) in [6.07, 6.45) is 0. The van der Waals surface area contributed by atoms with Gasteiger partial charge in [-0.25, -0.2) is 4.21 Å². The van der Waals surface area contributed by atoms with E-state index in [1.165, 1.54) is 11.1 Å². The molecule has 0 N–H and O–H groups in total. The van der Waals surface area contributed by atoms with E-state index in [9.17, 15) is 4.21 Å². The average Bonchev–Trinajstić information content (AvgIpc) is 1.99. The minimum Gasteiger partial charge on any atom is -0.212 e. The highest BCUT2D eigenvalue weighted by atomic mass is 32.1. The van der Waals surface area contributed by atoms with Gasteiger partial charge in [0.2, 0.25) is 0 Å². The van der Waals surface area contributed by atoms with Crippen LogP contribution in [0.4, 0.5) is 0 Å². The number of hydrogen-bond acceptors (Lipinski definition) is 1. The fraction of sp³-hybridized carbons (Fsp3) is 0.222. The monoisotopic (exact) mass is 166 g/mol. The van der Waals surface area contributed by atoms with Crippen LogP contribution < -0.4 is 0 Å². The van der Waals surface area contributed by atoms with Gasteiger partial charge < -0.3 is 0 Å². The molecule has 1 rings (SSSR count). The van der Waals surface area contributed by atoms with Crippen molar-refractivity contribution in [1.29, 1.82) is 0 Å². The van der Waals surface area contributed by atoms with E-state index in [0.717, 1.165) is 5.56 Å².